The molecule has 0 radical (unpaired) electrons. The van der Waals surface area contributed by atoms with Gasteiger partial charge in [0.05, 0.1) is 12.5 Å². The number of nitrogens with one attached hydrogen (secondary N) is 3. The van der Waals surface area contributed by atoms with Gasteiger partial charge in [-0.3, -0.25) is 4.79 Å². The number of hydrogen-bond acceptors (Lipinski definition) is 4. The maximum Gasteiger partial charge on any atom is 0.317 e. The van der Waals surface area contributed by atoms with Gasteiger partial charge in [0.15, 0.2) is 0 Å². The van der Waals surface area contributed by atoms with E-state index >= 15 is 0 Å². The number of urea groups is 1. The van der Waals surface area contributed by atoms with Gasteiger partial charge in [-0.2, -0.15) is 0 Å². The van der Waals surface area contributed by atoms with Crippen molar-refractivity contribution >= 4 is 11.9 Å². The molecule has 0 aromatic heterocycles. The van der Waals surface area contributed by atoms with Gasteiger partial charge >= 0.3 is 6.03 Å². The molecule has 2 heterocycles. The average molecular weight is 386 g/mol. The van der Waals surface area contributed by atoms with Crippen LogP contribution in [0.5, 0.6) is 5.75 Å². The van der Waals surface area contributed by atoms with Gasteiger partial charge in [0.2, 0.25) is 5.91 Å². The molecule has 7 nitrogen and oxygen atoms in total. The number of aryl methyl sites for hydroxylation is 2. The van der Waals surface area contributed by atoms with E-state index in [-0.39, 0.29) is 17.9 Å². The molecule has 4 rings (SSSR count). The first-order valence-corrected chi connectivity index (χ1v) is 10.4. The molecule has 3 aliphatic rings. The second kappa shape index (κ2) is 8.82. The number of carbonyl (C=O) groups excluding carboxylic acids is 2. The van der Waals surface area contributed by atoms with Gasteiger partial charge < -0.3 is 25.6 Å². The van der Waals surface area contributed by atoms with Crippen LogP contribution >= 0.6 is 0 Å². The molecular weight excluding hydrogens is 356 g/mol. The van der Waals surface area contributed by atoms with Crippen LogP contribution in [0.1, 0.15) is 24.0 Å². The van der Waals surface area contributed by atoms with E-state index in [1.807, 2.05) is 0 Å². The van der Waals surface area contributed by atoms with E-state index in [4.69, 9.17) is 4.74 Å². The van der Waals surface area contributed by atoms with E-state index < -0.39 is 0 Å². The second-order valence-corrected chi connectivity index (χ2v) is 8.06. The highest BCUT2D eigenvalue weighted by Gasteiger charge is 2.28. The number of hydrogen-bond donors (Lipinski definition) is 3. The summed E-state index contributed by atoms with van der Waals surface area (Å²) < 4.78 is 6.04. The van der Waals surface area contributed by atoms with Crippen molar-refractivity contribution in [3.05, 3.63) is 29.3 Å². The highest BCUT2D eigenvalue weighted by atomic mass is 16.5. The summed E-state index contributed by atoms with van der Waals surface area (Å²) in [6.45, 7) is 4.66. The van der Waals surface area contributed by atoms with Gasteiger partial charge in [-0.1, -0.05) is 6.07 Å². The topological polar surface area (TPSA) is 82.7 Å². The van der Waals surface area contributed by atoms with Crippen molar-refractivity contribution in [2.75, 3.05) is 45.9 Å². The zero-order valence-electron chi connectivity index (χ0n) is 16.3. The third kappa shape index (κ3) is 4.58. The Labute approximate surface area is 166 Å². The number of ether oxygens (including phenoxy) is 1. The average Bonchev–Trinajstić information content (AvgIpc) is 3.35. The van der Waals surface area contributed by atoms with Crippen LogP contribution < -0.4 is 20.7 Å². The zero-order chi connectivity index (χ0) is 19.3. The number of piperidine rings is 1. The summed E-state index contributed by atoms with van der Waals surface area (Å²) in [5.74, 6) is 1.28. The Morgan fingerprint density at radius 2 is 2.14 bits per heavy atom. The van der Waals surface area contributed by atoms with Crippen molar-refractivity contribution < 1.29 is 14.3 Å². The van der Waals surface area contributed by atoms with Crippen molar-refractivity contribution in [3.8, 4) is 5.75 Å². The minimum atomic E-state index is -0.0465. The van der Waals surface area contributed by atoms with Crippen LogP contribution in [-0.4, -0.2) is 62.7 Å². The highest BCUT2D eigenvalue weighted by molar-refractivity contribution is 5.79. The molecule has 3 amide bonds. The Balaban J connectivity index is 1.20. The molecule has 0 spiro atoms. The van der Waals surface area contributed by atoms with Gasteiger partial charge in [-0.15, -0.1) is 0 Å². The van der Waals surface area contributed by atoms with Gasteiger partial charge in [-0.25, -0.2) is 4.79 Å². The molecule has 1 aromatic rings. The summed E-state index contributed by atoms with van der Waals surface area (Å²) in [6.07, 6.45) is 4.40. The smallest absolute Gasteiger partial charge is 0.317 e. The second-order valence-electron chi connectivity index (χ2n) is 8.06. The van der Waals surface area contributed by atoms with Gasteiger partial charge in [0, 0.05) is 45.2 Å². The van der Waals surface area contributed by atoms with E-state index in [0.717, 1.165) is 25.1 Å². The summed E-state index contributed by atoms with van der Waals surface area (Å²) in [5, 5.41) is 9.12. The summed E-state index contributed by atoms with van der Waals surface area (Å²) in [6, 6.07) is 6.39. The largest absolute Gasteiger partial charge is 0.493 e. The highest BCUT2D eigenvalue weighted by Crippen LogP contribution is 2.27. The van der Waals surface area contributed by atoms with Crippen LogP contribution in [0.15, 0.2) is 18.2 Å². The first kappa shape index (κ1) is 19.1. The Hall–Kier alpha value is -2.28. The van der Waals surface area contributed by atoms with E-state index in [1.165, 1.54) is 24.0 Å². The normalized spacial score (nSPS) is 24.0. The number of fused-ring (bicyclic) bond motifs is 1. The zero-order valence-corrected chi connectivity index (χ0v) is 16.3. The number of rotatable bonds is 7. The predicted molar refractivity (Wildman–Crippen MR) is 106 cm³/mol. The van der Waals surface area contributed by atoms with Crippen LogP contribution in [-0.2, 0) is 17.6 Å². The minimum absolute atomic E-state index is 0.0441. The lowest BCUT2D eigenvalue weighted by Gasteiger charge is -2.29. The molecule has 0 saturated carbocycles. The van der Waals surface area contributed by atoms with Crippen LogP contribution in [0.3, 0.4) is 0 Å². The van der Waals surface area contributed by atoms with Crippen molar-refractivity contribution in [1.29, 1.82) is 0 Å². The lowest BCUT2D eigenvalue weighted by atomic mass is 9.90. The summed E-state index contributed by atoms with van der Waals surface area (Å²) in [4.78, 5) is 25.7. The lowest BCUT2D eigenvalue weighted by Crippen LogP contribution is -2.46. The van der Waals surface area contributed by atoms with Crippen LogP contribution in [0.4, 0.5) is 4.79 Å². The molecule has 2 atom stereocenters. The van der Waals surface area contributed by atoms with E-state index in [1.54, 1.807) is 4.90 Å². The van der Waals surface area contributed by atoms with Crippen molar-refractivity contribution in [2.24, 2.45) is 11.8 Å². The molecule has 1 aliphatic carbocycles. The fourth-order valence-electron chi connectivity index (χ4n) is 4.39. The number of amides is 3. The fourth-order valence-corrected chi connectivity index (χ4v) is 4.39. The molecule has 152 valence electrons. The Bertz CT molecular complexity index is 724. The molecule has 2 saturated heterocycles. The predicted octanol–water partition coefficient (Wildman–Crippen LogP) is 0.921. The third-order valence-electron chi connectivity index (χ3n) is 5.99. The summed E-state index contributed by atoms with van der Waals surface area (Å²) >= 11 is 0. The number of benzene rings is 1. The minimum Gasteiger partial charge on any atom is -0.493 e. The lowest BCUT2D eigenvalue weighted by molar-refractivity contribution is -0.126. The maximum atomic E-state index is 12.5. The first-order chi connectivity index (χ1) is 13.7. The van der Waals surface area contributed by atoms with E-state index in [2.05, 4.69) is 34.1 Å². The van der Waals surface area contributed by atoms with E-state index in [0.29, 0.717) is 45.2 Å². The maximum absolute atomic E-state index is 12.5. The van der Waals surface area contributed by atoms with Gasteiger partial charge in [0.1, 0.15) is 5.75 Å². The number of nitrogens with zero attached hydrogens (tertiary/aromatic N) is 1. The van der Waals surface area contributed by atoms with Crippen LogP contribution in [0.25, 0.3) is 0 Å². The van der Waals surface area contributed by atoms with Gasteiger partial charge in [-0.05, 0) is 48.9 Å². The van der Waals surface area contributed by atoms with Crippen molar-refractivity contribution in [1.82, 2.24) is 20.9 Å². The molecule has 1 aromatic carbocycles. The molecule has 0 unspecified atom stereocenters. The van der Waals surface area contributed by atoms with Crippen LogP contribution in [0.2, 0.25) is 0 Å². The molecular formula is C21H30N4O3. The summed E-state index contributed by atoms with van der Waals surface area (Å²) in [7, 11) is 0. The molecule has 7 heteroatoms. The number of carbonyl (C=O) groups is 2. The quantitative estimate of drug-likeness (QED) is 0.651. The van der Waals surface area contributed by atoms with Crippen molar-refractivity contribution in [2.45, 2.75) is 25.7 Å². The van der Waals surface area contributed by atoms with E-state index in [9.17, 15) is 9.59 Å². The van der Waals surface area contributed by atoms with Crippen LogP contribution in [0, 0.1) is 11.8 Å². The first-order valence-electron chi connectivity index (χ1n) is 10.4. The fraction of sp³-hybridized carbons (Fsp3) is 0.619. The monoisotopic (exact) mass is 386 g/mol. The molecule has 28 heavy (non-hydrogen) atoms. The molecule has 3 N–H and O–H groups in total. The molecule has 2 fully saturated rings. The van der Waals surface area contributed by atoms with Crippen molar-refractivity contribution in [3.63, 3.8) is 0 Å². The SMILES string of the molecule is O=C(NCCN1CCNC1=O)[C@H]1CNC[C@@H](COc2ccc3c(c2)CCC3)C1. The molecule has 0 bridgehead atoms. The summed E-state index contributed by atoms with van der Waals surface area (Å²) in [5.41, 5.74) is 2.87. The Kier molecular flexibility index (Phi) is 6.00. The van der Waals surface area contributed by atoms with Gasteiger partial charge in [0.25, 0.3) is 0 Å². The molecule has 2 aliphatic heterocycles. The standard InChI is InChI=1S/C21H30N4O3/c26-20(23-6-8-25-9-7-24-21(25)27)18-10-15(12-22-13-18)14-28-19-5-4-16-2-1-3-17(16)11-19/h4-5,11,15,18,22H,1-3,6-10,12-14H2,(H,23,26)(H,24,27)/t15-,18+/m0/s1. The Morgan fingerprint density at radius 3 is 3.00 bits per heavy atom. The third-order valence-corrected chi connectivity index (χ3v) is 5.99. The Morgan fingerprint density at radius 1 is 1.25 bits per heavy atom.